The van der Waals surface area contributed by atoms with Crippen LogP contribution in [0.3, 0.4) is 0 Å². The predicted molar refractivity (Wildman–Crippen MR) is 82.4 cm³/mol. The lowest BCUT2D eigenvalue weighted by Gasteiger charge is -2.02. The first-order valence-electron chi connectivity index (χ1n) is 6.90. The molecule has 0 aliphatic rings. The number of sulfone groups is 1. The van der Waals surface area contributed by atoms with Gasteiger partial charge in [0.15, 0.2) is 6.61 Å². The van der Waals surface area contributed by atoms with Gasteiger partial charge in [-0.25, -0.2) is 8.42 Å². The topological polar surface area (TPSA) is 82.3 Å². The van der Waals surface area contributed by atoms with Crippen LogP contribution in [-0.4, -0.2) is 18.6 Å². The summed E-state index contributed by atoms with van der Waals surface area (Å²) in [6, 6.07) is 17.9. The lowest BCUT2D eigenvalue weighted by Crippen LogP contribution is -2.05. The van der Waals surface area contributed by atoms with Gasteiger partial charge < -0.3 is 9.15 Å². The van der Waals surface area contributed by atoms with E-state index in [1.165, 1.54) is 0 Å². The second-order valence-electron chi connectivity index (χ2n) is 4.81. The molecule has 3 rings (SSSR count). The molecule has 0 N–H and O–H groups in total. The van der Waals surface area contributed by atoms with Crippen molar-refractivity contribution >= 4 is 9.84 Å². The molecule has 3 aromatic rings. The number of hydrogen-bond acceptors (Lipinski definition) is 6. The van der Waals surface area contributed by atoms with E-state index in [2.05, 4.69) is 10.2 Å². The molecule has 0 atom stereocenters. The monoisotopic (exact) mass is 330 g/mol. The Bertz CT molecular complexity index is 861. The van der Waals surface area contributed by atoms with Gasteiger partial charge in [0.1, 0.15) is 5.75 Å². The van der Waals surface area contributed by atoms with E-state index in [1.54, 1.807) is 36.4 Å². The van der Waals surface area contributed by atoms with Crippen LogP contribution in [0.25, 0.3) is 0 Å². The Morgan fingerprint density at radius 2 is 1.57 bits per heavy atom. The van der Waals surface area contributed by atoms with Crippen molar-refractivity contribution in [3.05, 3.63) is 72.1 Å². The van der Waals surface area contributed by atoms with Crippen LogP contribution >= 0.6 is 0 Å². The molecule has 0 spiro atoms. The highest BCUT2D eigenvalue weighted by Crippen LogP contribution is 2.16. The van der Waals surface area contributed by atoms with E-state index in [1.807, 2.05) is 24.3 Å². The summed E-state index contributed by atoms with van der Waals surface area (Å²) < 4.78 is 35.2. The van der Waals surface area contributed by atoms with E-state index in [4.69, 9.17) is 9.15 Å². The van der Waals surface area contributed by atoms with E-state index in [0.717, 1.165) is 0 Å². The maximum atomic E-state index is 12.3. The summed E-state index contributed by atoms with van der Waals surface area (Å²) in [7, 11) is -3.67. The minimum atomic E-state index is -3.67. The maximum Gasteiger partial charge on any atom is 0.335 e. The van der Waals surface area contributed by atoms with E-state index in [-0.39, 0.29) is 18.3 Å². The molecule has 7 heteroatoms. The molecule has 6 nitrogen and oxygen atoms in total. The second-order valence-corrected chi connectivity index (χ2v) is 6.68. The van der Waals surface area contributed by atoms with E-state index in [0.29, 0.717) is 11.3 Å². The molecular weight excluding hydrogens is 316 g/mol. The Kier molecular flexibility index (Phi) is 4.38. The number of aromatic nitrogens is 2. The van der Waals surface area contributed by atoms with Crippen molar-refractivity contribution in [1.82, 2.24) is 10.2 Å². The molecule has 0 saturated heterocycles. The van der Waals surface area contributed by atoms with Gasteiger partial charge >= 0.3 is 5.22 Å². The minimum Gasteiger partial charge on any atom is -0.484 e. The van der Waals surface area contributed by atoms with Crippen molar-refractivity contribution < 1.29 is 17.6 Å². The molecule has 0 bridgehead atoms. The first-order valence-corrected chi connectivity index (χ1v) is 8.56. The fraction of sp³-hybridized carbons (Fsp3) is 0.125. The molecule has 1 aromatic heterocycles. The van der Waals surface area contributed by atoms with Crippen LogP contribution in [0.4, 0.5) is 0 Å². The molecule has 0 aliphatic carbocycles. The highest BCUT2D eigenvalue weighted by molar-refractivity contribution is 7.90. The van der Waals surface area contributed by atoms with Crippen molar-refractivity contribution in [2.24, 2.45) is 0 Å². The lowest BCUT2D eigenvalue weighted by atomic mass is 10.2. The molecule has 0 saturated carbocycles. The third-order valence-electron chi connectivity index (χ3n) is 3.02. The molecule has 0 amide bonds. The number of para-hydroxylation sites is 1. The highest BCUT2D eigenvalue weighted by Gasteiger charge is 2.23. The number of nitrogens with zero attached hydrogens (tertiary/aromatic N) is 2. The molecule has 1 heterocycles. The Morgan fingerprint density at radius 1 is 0.913 bits per heavy atom. The Labute approximate surface area is 133 Å². The van der Waals surface area contributed by atoms with E-state index >= 15 is 0 Å². The number of rotatable bonds is 6. The molecular formula is C16H14N2O4S. The maximum absolute atomic E-state index is 12.3. The van der Waals surface area contributed by atoms with Gasteiger partial charge in [-0.05, 0) is 17.7 Å². The quantitative estimate of drug-likeness (QED) is 0.691. The van der Waals surface area contributed by atoms with Crippen LogP contribution in [0.2, 0.25) is 0 Å². The Hall–Kier alpha value is -2.67. The number of benzene rings is 2. The van der Waals surface area contributed by atoms with Crippen LogP contribution < -0.4 is 4.74 Å². The molecule has 0 unspecified atom stereocenters. The van der Waals surface area contributed by atoms with Crippen LogP contribution in [0.15, 0.2) is 70.3 Å². The average Bonchev–Trinajstić information content (AvgIpc) is 3.04. The summed E-state index contributed by atoms with van der Waals surface area (Å²) in [5, 5.41) is 6.93. The Balaban J connectivity index is 1.68. The van der Waals surface area contributed by atoms with E-state index < -0.39 is 15.1 Å². The summed E-state index contributed by atoms with van der Waals surface area (Å²) in [5.74, 6) is 0.564. The van der Waals surface area contributed by atoms with Gasteiger partial charge in [-0.3, -0.25) is 0 Å². The standard InChI is InChI=1S/C16H14N2O4S/c19-23(20,12-13-7-3-1-4-8-13)16-18-17-15(22-16)11-21-14-9-5-2-6-10-14/h1-10H,11-12H2. The zero-order valence-electron chi connectivity index (χ0n) is 12.1. The largest absolute Gasteiger partial charge is 0.484 e. The SMILES string of the molecule is O=S(=O)(Cc1ccccc1)c1nnc(COc2ccccc2)o1. The number of hydrogen-bond donors (Lipinski definition) is 0. The molecule has 118 valence electrons. The molecule has 2 aromatic carbocycles. The summed E-state index contributed by atoms with van der Waals surface area (Å²) >= 11 is 0. The van der Waals surface area contributed by atoms with Crippen molar-refractivity contribution in [2.45, 2.75) is 17.6 Å². The van der Waals surface area contributed by atoms with Gasteiger partial charge in [-0.2, -0.15) is 0 Å². The van der Waals surface area contributed by atoms with Gasteiger partial charge in [0.05, 0.1) is 5.75 Å². The van der Waals surface area contributed by atoms with Gasteiger partial charge in [-0.1, -0.05) is 53.6 Å². The fourth-order valence-electron chi connectivity index (χ4n) is 1.94. The van der Waals surface area contributed by atoms with Gasteiger partial charge in [0, 0.05) is 0 Å². The van der Waals surface area contributed by atoms with Crippen LogP contribution in [0.5, 0.6) is 5.75 Å². The summed E-state index contributed by atoms with van der Waals surface area (Å²) in [6.45, 7) is 0.0118. The van der Waals surface area contributed by atoms with Crippen molar-refractivity contribution in [3.63, 3.8) is 0 Å². The number of ether oxygens (including phenoxy) is 1. The zero-order valence-corrected chi connectivity index (χ0v) is 12.9. The smallest absolute Gasteiger partial charge is 0.335 e. The van der Waals surface area contributed by atoms with Crippen LogP contribution in [0, 0.1) is 0 Å². The van der Waals surface area contributed by atoms with Crippen LogP contribution in [0.1, 0.15) is 11.5 Å². The third-order valence-corrected chi connectivity index (χ3v) is 4.43. The van der Waals surface area contributed by atoms with Gasteiger partial charge in [-0.15, -0.1) is 5.10 Å². The predicted octanol–water partition coefficient (Wildman–Crippen LogP) is 2.62. The van der Waals surface area contributed by atoms with Crippen LogP contribution in [-0.2, 0) is 22.2 Å². The fourth-order valence-corrected chi connectivity index (χ4v) is 3.08. The molecule has 0 aliphatic heterocycles. The molecule has 0 fully saturated rings. The zero-order chi connectivity index (χ0) is 16.1. The first kappa shape index (κ1) is 15.2. The van der Waals surface area contributed by atoms with Crippen molar-refractivity contribution in [2.75, 3.05) is 0 Å². The van der Waals surface area contributed by atoms with Gasteiger partial charge in [0.25, 0.3) is 5.89 Å². The van der Waals surface area contributed by atoms with E-state index in [9.17, 15) is 8.42 Å². The lowest BCUT2D eigenvalue weighted by molar-refractivity contribution is 0.250. The summed E-state index contributed by atoms with van der Waals surface area (Å²) in [5.41, 5.74) is 0.660. The second kappa shape index (κ2) is 6.62. The average molecular weight is 330 g/mol. The first-order chi connectivity index (χ1) is 11.1. The summed E-state index contributed by atoms with van der Waals surface area (Å²) in [6.07, 6.45) is 0. The summed E-state index contributed by atoms with van der Waals surface area (Å²) in [4.78, 5) is 0. The third kappa shape index (κ3) is 3.95. The van der Waals surface area contributed by atoms with Gasteiger partial charge in [0.2, 0.25) is 9.84 Å². The Morgan fingerprint density at radius 3 is 2.26 bits per heavy atom. The molecule has 23 heavy (non-hydrogen) atoms. The molecule has 0 radical (unpaired) electrons. The van der Waals surface area contributed by atoms with Crippen molar-refractivity contribution in [1.29, 1.82) is 0 Å². The normalized spacial score (nSPS) is 11.3. The van der Waals surface area contributed by atoms with Crippen molar-refractivity contribution in [3.8, 4) is 5.75 Å². The highest BCUT2D eigenvalue weighted by atomic mass is 32.2. The minimum absolute atomic E-state index is 0.0118.